The molecule has 6 heteroatoms. The Bertz CT molecular complexity index is 781. The molecule has 1 amide bonds. The second kappa shape index (κ2) is 7.77. The van der Waals surface area contributed by atoms with Gasteiger partial charge in [-0.25, -0.2) is 4.98 Å². The average molecular weight is 329 g/mol. The highest BCUT2D eigenvalue weighted by Gasteiger charge is 2.15. The zero-order valence-corrected chi connectivity index (χ0v) is 14.5. The van der Waals surface area contributed by atoms with Crippen LogP contribution >= 0.6 is 0 Å². The van der Waals surface area contributed by atoms with Crippen molar-refractivity contribution >= 4 is 5.91 Å². The fraction of sp³-hybridized carbons (Fsp3) is 0.389. The molecule has 2 aromatic rings. The summed E-state index contributed by atoms with van der Waals surface area (Å²) < 4.78 is 6.95. The largest absolute Gasteiger partial charge is 0.478 e. The minimum absolute atomic E-state index is 0.128. The van der Waals surface area contributed by atoms with Crippen molar-refractivity contribution in [1.82, 2.24) is 14.9 Å². The van der Waals surface area contributed by atoms with Gasteiger partial charge in [0.1, 0.15) is 5.56 Å². The Morgan fingerprint density at radius 2 is 2.08 bits per heavy atom. The van der Waals surface area contributed by atoms with E-state index in [2.05, 4.69) is 10.3 Å². The molecule has 0 spiro atoms. The van der Waals surface area contributed by atoms with Crippen LogP contribution in [0.3, 0.4) is 0 Å². The number of ether oxygens (including phenoxy) is 1. The molecular formula is C18H23N3O3. The SMILES string of the molecule is CCOc1ncccc1CNC(=O)c1ccc(C(C)C)n(C)c1=O. The lowest BCUT2D eigenvalue weighted by Crippen LogP contribution is -2.33. The van der Waals surface area contributed by atoms with Gasteiger partial charge in [0.05, 0.1) is 6.61 Å². The number of carbonyl (C=O) groups is 1. The Hall–Kier alpha value is -2.63. The van der Waals surface area contributed by atoms with Gasteiger partial charge in [0, 0.05) is 31.0 Å². The van der Waals surface area contributed by atoms with Gasteiger partial charge in [-0.15, -0.1) is 0 Å². The highest BCUT2D eigenvalue weighted by atomic mass is 16.5. The highest BCUT2D eigenvalue weighted by molar-refractivity contribution is 5.93. The van der Waals surface area contributed by atoms with E-state index >= 15 is 0 Å². The number of aromatic nitrogens is 2. The number of carbonyl (C=O) groups excluding carboxylic acids is 1. The third kappa shape index (κ3) is 3.82. The maximum Gasteiger partial charge on any atom is 0.263 e. The summed E-state index contributed by atoms with van der Waals surface area (Å²) in [5.41, 5.74) is 1.49. The van der Waals surface area contributed by atoms with Crippen molar-refractivity contribution in [2.24, 2.45) is 7.05 Å². The minimum atomic E-state index is -0.405. The molecule has 0 atom stereocenters. The number of amides is 1. The zero-order chi connectivity index (χ0) is 17.7. The second-order valence-electron chi connectivity index (χ2n) is 5.77. The first kappa shape index (κ1) is 17.7. The summed E-state index contributed by atoms with van der Waals surface area (Å²) in [6, 6.07) is 7.01. The molecule has 2 heterocycles. The summed E-state index contributed by atoms with van der Waals surface area (Å²) in [6.07, 6.45) is 1.64. The summed E-state index contributed by atoms with van der Waals surface area (Å²) >= 11 is 0. The Labute approximate surface area is 141 Å². The van der Waals surface area contributed by atoms with Crippen molar-refractivity contribution in [2.45, 2.75) is 33.2 Å². The van der Waals surface area contributed by atoms with E-state index in [1.54, 1.807) is 25.4 Å². The number of pyridine rings is 2. The van der Waals surface area contributed by atoms with Crippen molar-refractivity contribution < 1.29 is 9.53 Å². The molecular weight excluding hydrogens is 306 g/mol. The van der Waals surface area contributed by atoms with Crippen LogP contribution in [0.5, 0.6) is 5.88 Å². The van der Waals surface area contributed by atoms with Gasteiger partial charge in [-0.1, -0.05) is 19.9 Å². The molecule has 2 rings (SSSR count). The summed E-state index contributed by atoms with van der Waals surface area (Å²) in [5.74, 6) is 0.296. The predicted octanol–water partition coefficient (Wildman–Crippen LogP) is 2.23. The van der Waals surface area contributed by atoms with Crippen LogP contribution < -0.4 is 15.6 Å². The van der Waals surface area contributed by atoms with Crippen LogP contribution in [0.2, 0.25) is 0 Å². The van der Waals surface area contributed by atoms with Gasteiger partial charge in [0.2, 0.25) is 5.88 Å². The van der Waals surface area contributed by atoms with Gasteiger partial charge in [-0.3, -0.25) is 9.59 Å². The molecule has 0 unspecified atom stereocenters. The average Bonchev–Trinajstić information content (AvgIpc) is 2.56. The molecule has 0 saturated heterocycles. The van der Waals surface area contributed by atoms with Gasteiger partial charge in [0.25, 0.3) is 11.5 Å². The van der Waals surface area contributed by atoms with Crippen LogP contribution in [0, 0.1) is 0 Å². The van der Waals surface area contributed by atoms with Crippen LogP contribution in [-0.4, -0.2) is 22.1 Å². The zero-order valence-electron chi connectivity index (χ0n) is 14.5. The molecule has 0 radical (unpaired) electrons. The van der Waals surface area contributed by atoms with Crippen molar-refractivity contribution in [2.75, 3.05) is 6.61 Å². The van der Waals surface area contributed by atoms with Crippen molar-refractivity contribution in [3.63, 3.8) is 0 Å². The van der Waals surface area contributed by atoms with Gasteiger partial charge < -0.3 is 14.6 Å². The summed E-state index contributed by atoms with van der Waals surface area (Å²) in [5, 5.41) is 2.76. The highest BCUT2D eigenvalue weighted by Crippen LogP contribution is 2.14. The normalized spacial score (nSPS) is 10.7. The summed E-state index contributed by atoms with van der Waals surface area (Å²) in [7, 11) is 1.68. The van der Waals surface area contributed by atoms with E-state index in [1.807, 2.05) is 32.9 Å². The molecule has 128 valence electrons. The first-order chi connectivity index (χ1) is 11.5. The molecule has 1 N–H and O–H groups in total. The Kier molecular flexibility index (Phi) is 5.73. The quantitative estimate of drug-likeness (QED) is 0.882. The molecule has 0 aliphatic rings. The van der Waals surface area contributed by atoms with Crippen molar-refractivity contribution in [3.05, 3.63) is 57.6 Å². The first-order valence-corrected chi connectivity index (χ1v) is 8.00. The number of rotatable bonds is 6. The maximum atomic E-state index is 12.4. The lowest BCUT2D eigenvalue weighted by Gasteiger charge is -2.13. The third-order valence-corrected chi connectivity index (χ3v) is 3.75. The smallest absolute Gasteiger partial charge is 0.263 e. The van der Waals surface area contributed by atoms with E-state index in [1.165, 1.54) is 4.57 Å². The first-order valence-electron chi connectivity index (χ1n) is 8.00. The number of nitrogens with zero attached hydrogens (tertiary/aromatic N) is 2. The van der Waals surface area contributed by atoms with Crippen LogP contribution in [0.15, 0.2) is 35.3 Å². The summed E-state index contributed by atoms with van der Waals surface area (Å²) in [4.78, 5) is 28.9. The topological polar surface area (TPSA) is 73.2 Å². The molecule has 0 bridgehead atoms. The molecule has 0 fully saturated rings. The van der Waals surface area contributed by atoms with E-state index in [4.69, 9.17) is 4.74 Å². The Morgan fingerprint density at radius 1 is 1.33 bits per heavy atom. The van der Waals surface area contributed by atoms with Crippen molar-refractivity contribution in [1.29, 1.82) is 0 Å². The van der Waals surface area contributed by atoms with E-state index < -0.39 is 5.91 Å². The van der Waals surface area contributed by atoms with E-state index in [9.17, 15) is 9.59 Å². The maximum absolute atomic E-state index is 12.4. The Morgan fingerprint density at radius 3 is 2.75 bits per heavy atom. The van der Waals surface area contributed by atoms with Gasteiger partial charge >= 0.3 is 0 Å². The standard InChI is InChI=1S/C18H23N3O3/c1-5-24-17-13(7-6-10-19-17)11-20-16(22)14-8-9-15(12(2)3)21(4)18(14)23/h6-10,12H,5,11H2,1-4H3,(H,20,22). The van der Waals surface area contributed by atoms with Crippen molar-refractivity contribution in [3.8, 4) is 5.88 Å². The lowest BCUT2D eigenvalue weighted by atomic mass is 10.1. The molecule has 24 heavy (non-hydrogen) atoms. The molecule has 0 aliphatic heterocycles. The van der Waals surface area contributed by atoms with Gasteiger partial charge in [-0.05, 0) is 31.0 Å². The van der Waals surface area contributed by atoms with Crippen LogP contribution in [0.4, 0.5) is 0 Å². The molecule has 6 nitrogen and oxygen atoms in total. The molecule has 0 saturated carbocycles. The monoisotopic (exact) mass is 329 g/mol. The number of hydrogen-bond donors (Lipinski definition) is 1. The van der Waals surface area contributed by atoms with Gasteiger partial charge in [0.15, 0.2) is 0 Å². The molecule has 0 aromatic carbocycles. The second-order valence-corrected chi connectivity index (χ2v) is 5.77. The molecule has 2 aromatic heterocycles. The fourth-order valence-electron chi connectivity index (χ4n) is 2.50. The minimum Gasteiger partial charge on any atom is -0.478 e. The third-order valence-electron chi connectivity index (χ3n) is 3.75. The fourth-order valence-corrected chi connectivity index (χ4v) is 2.50. The lowest BCUT2D eigenvalue weighted by molar-refractivity contribution is 0.0948. The van der Waals surface area contributed by atoms with Gasteiger partial charge in [-0.2, -0.15) is 0 Å². The Balaban J connectivity index is 2.17. The van der Waals surface area contributed by atoms with Crippen LogP contribution in [-0.2, 0) is 13.6 Å². The van der Waals surface area contributed by atoms with E-state index in [0.29, 0.717) is 12.5 Å². The van der Waals surface area contributed by atoms with Crippen LogP contribution in [0.25, 0.3) is 0 Å². The van der Waals surface area contributed by atoms with E-state index in [-0.39, 0.29) is 23.6 Å². The number of hydrogen-bond acceptors (Lipinski definition) is 4. The van der Waals surface area contributed by atoms with Crippen LogP contribution in [0.1, 0.15) is 48.3 Å². The van der Waals surface area contributed by atoms with E-state index in [0.717, 1.165) is 11.3 Å². The molecule has 0 aliphatic carbocycles. The predicted molar refractivity (Wildman–Crippen MR) is 92.3 cm³/mol. The number of nitrogens with one attached hydrogen (secondary N) is 1. The summed E-state index contributed by atoms with van der Waals surface area (Å²) in [6.45, 7) is 6.63.